The van der Waals surface area contributed by atoms with Crippen molar-refractivity contribution < 1.29 is 9.53 Å². The number of nitrogens with one attached hydrogen (secondary N) is 3. The van der Waals surface area contributed by atoms with Gasteiger partial charge < -0.3 is 25.3 Å². The van der Waals surface area contributed by atoms with Gasteiger partial charge in [0.05, 0.1) is 17.6 Å². The van der Waals surface area contributed by atoms with Crippen molar-refractivity contribution in [2.45, 2.75) is 26.8 Å². The maximum Gasteiger partial charge on any atom is 0.221 e. The summed E-state index contributed by atoms with van der Waals surface area (Å²) in [4.78, 5) is 20.0. The monoisotopic (exact) mass is 422 g/mol. The Bertz CT molecular complexity index is 1040. The summed E-state index contributed by atoms with van der Waals surface area (Å²) in [6.07, 6.45) is 0.953. The first-order valence-electron chi connectivity index (χ1n) is 10.4. The van der Waals surface area contributed by atoms with Gasteiger partial charge in [-0.05, 0) is 37.6 Å². The second-order valence-electron chi connectivity index (χ2n) is 7.14. The molecular weight excluding hydrogens is 392 g/mol. The van der Waals surface area contributed by atoms with Gasteiger partial charge in [-0.25, -0.2) is 4.98 Å². The van der Waals surface area contributed by atoms with E-state index in [4.69, 9.17) is 4.74 Å². The molecule has 0 atom stereocenters. The number of guanidine groups is 1. The normalized spacial score (nSPS) is 11.4. The fraction of sp³-hybridized carbons (Fsp3) is 0.348. The second kappa shape index (κ2) is 11.0. The van der Waals surface area contributed by atoms with Crippen molar-refractivity contribution in [3.05, 3.63) is 54.4 Å². The van der Waals surface area contributed by atoms with E-state index in [2.05, 4.69) is 36.6 Å². The highest BCUT2D eigenvalue weighted by atomic mass is 16.5. The number of aromatic nitrogens is 2. The van der Waals surface area contributed by atoms with Crippen molar-refractivity contribution in [2.24, 2.45) is 4.99 Å². The molecule has 164 valence electrons. The fourth-order valence-electron chi connectivity index (χ4n) is 3.35. The first kappa shape index (κ1) is 22.1. The zero-order chi connectivity index (χ0) is 22.1. The van der Waals surface area contributed by atoms with Crippen LogP contribution in [0.4, 0.5) is 5.69 Å². The number of benzene rings is 2. The molecule has 0 bridgehead atoms. The maximum atomic E-state index is 11.2. The quantitative estimate of drug-likeness (QED) is 0.280. The van der Waals surface area contributed by atoms with Crippen molar-refractivity contribution in [3.63, 3.8) is 0 Å². The minimum Gasteiger partial charge on any atom is -0.492 e. The maximum absolute atomic E-state index is 11.2. The molecular formula is C23H30N6O2. The van der Waals surface area contributed by atoms with Crippen LogP contribution in [0.1, 0.15) is 19.2 Å². The van der Waals surface area contributed by atoms with Gasteiger partial charge >= 0.3 is 0 Å². The number of amides is 1. The summed E-state index contributed by atoms with van der Waals surface area (Å²) in [5.74, 6) is 2.37. The SMILES string of the molecule is CN=C(NCCCn1c(C)nc2ccccc21)NCCOc1cccc(NC(C)=O)c1. The Hall–Kier alpha value is -3.55. The number of para-hydroxylation sites is 2. The van der Waals surface area contributed by atoms with Crippen LogP contribution in [0.15, 0.2) is 53.5 Å². The molecule has 0 radical (unpaired) electrons. The van der Waals surface area contributed by atoms with Crippen LogP contribution in [-0.4, -0.2) is 48.2 Å². The van der Waals surface area contributed by atoms with Gasteiger partial charge in [-0.2, -0.15) is 0 Å². The molecule has 8 heteroatoms. The second-order valence-corrected chi connectivity index (χ2v) is 7.14. The molecule has 3 rings (SSSR count). The van der Waals surface area contributed by atoms with Crippen molar-refractivity contribution >= 4 is 28.6 Å². The lowest BCUT2D eigenvalue weighted by Gasteiger charge is -2.13. The van der Waals surface area contributed by atoms with Crippen LogP contribution in [-0.2, 0) is 11.3 Å². The third-order valence-corrected chi connectivity index (χ3v) is 4.74. The van der Waals surface area contributed by atoms with Crippen molar-refractivity contribution in [2.75, 3.05) is 32.1 Å². The van der Waals surface area contributed by atoms with E-state index in [0.717, 1.165) is 42.5 Å². The zero-order valence-corrected chi connectivity index (χ0v) is 18.3. The number of aliphatic imine (C=N–C) groups is 1. The number of rotatable bonds is 9. The number of nitrogens with zero attached hydrogens (tertiary/aromatic N) is 3. The summed E-state index contributed by atoms with van der Waals surface area (Å²) in [6, 6.07) is 15.5. The molecule has 8 nitrogen and oxygen atoms in total. The van der Waals surface area contributed by atoms with Crippen molar-refractivity contribution in [3.8, 4) is 5.75 Å². The molecule has 0 aliphatic heterocycles. The van der Waals surface area contributed by atoms with Gasteiger partial charge in [0, 0.05) is 38.8 Å². The van der Waals surface area contributed by atoms with Gasteiger partial charge in [-0.3, -0.25) is 9.79 Å². The van der Waals surface area contributed by atoms with E-state index in [-0.39, 0.29) is 5.91 Å². The molecule has 0 unspecified atom stereocenters. The smallest absolute Gasteiger partial charge is 0.221 e. The van der Waals surface area contributed by atoms with Gasteiger partial charge in [0.2, 0.25) is 5.91 Å². The Labute approximate surface area is 182 Å². The highest BCUT2D eigenvalue weighted by molar-refractivity contribution is 5.88. The lowest BCUT2D eigenvalue weighted by Crippen LogP contribution is -2.39. The zero-order valence-electron chi connectivity index (χ0n) is 18.3. The fourth-order valence-corrected chi connectivity index (χ4v) is 3.35. The molecule has 2 aromatic carbocycles. The van der Waals surface area contributed by atoms with Crippen molar-refractivity contribution in [1.29, 1.82) is 0 Å². The third-order valence-electron chi connectivity index (χ3n) is 4.74. The van der Waals surface area contributed by atoms with Gasteiger partial charge in [-0.1, -0.05) is 18.2 Å². The molecule has 0 aliphatic carbocycles. The highest BCUT2D eigenvalue weighted by Crippen LogP contribution is 2.17. The van der Waals surface area contributed by atoms with Gasteiger partial charge in [0.1, 0.15) is 18.2 Å². The number of ether oxygens (including phenoxy) is 1. The summed E-state index contributed by atoms with van der Waals surface area (Å²) < 4.78 is 7.99. The van der Waals surface area contributed by atoms with Crippen LogP contribution in [0.25, 0.3) is 11.0 Å². The Morgan fingerprint density at radius 2 is 1.94 bits per heavy atom. The average Bonchev–Trinajstić information content (AvgIpc) is 3.07. The first-order valence-corrected chi connectivity index (χ1v) is 10.4. The van der Waals surface area contributed by atoms with Crippen LogP contribution < -0.4 is 20.7 Å². The summed E-state index contributed by atoms with van der Waals surface area (Å²) in [6.45, 7) is 6.30. The number of carbonyl (C=O) groups is 1. The molecule has 0 saturated heterocycles. The first-order chi connectivity index (χ1) is 15.1. The van der Waals surface area contributed by atoms with E-state index >= 15 is 0 Å². The van der Waals surface area contributed by atoms with Gasteiger partial charge in [0.15, 0.2) is 5.96 Å². The van der Waals surface area contributed by atoms with Gasteiger partial charge in [-0.15, -0.1) is 0 Å². The standard InChI is InChI=1S/C23H30N6O2/c1-17-27-21-10-4-5-11-22(21)29(17)14-7-12-25-23(24-3)26-13-15-31-20-9-6-8-19(16-20)28-18(2)30/h4-6,8-11,16H,7,12-15H2,1-3H3,(H,28,30)(H2,24,25,26). The van der Waals surface area contributed by atoms with Crippen LogP contribution >= 0.6 is 0 Å². The minimum atomic E-state index is -0.106. The van der Waals surface area contributed by atoms with E-state index in [1.54, 1.807) is 13.1 Å². The largest absolute Gasteiger partial charge is 0.492 e. The lowest BCUT2D eigenvalue weighted by atomic mass is 10.3. The number of hydrogen-bond donors (Lipinski definition) is 3. The summed E-state index contributed by atoms with van der Waals surface area (Å²) in [5.41, 5.74) is 2.92. The molecule has 0 spiro atoms. The van der Waals surface area contributed by atoms with E-state index < -0.39 is 0 Å². The van der Waals surface area contributed by atoms with Crippen LogP contribution in [0.3, 0.4) is 0 Å². The number of carbonyl (C=O) groups excluding carboxylic acids is 1. The number of anilines is 1. The Morgan fingerprint density at radius 1 is 1.13 bits per heavy atom. The molecule has 1 aromatic heterocycles. The minimum absolute atomic E-state index is 0.106. The summed E-state index contributed by atoms with van der Waals surface area (Å²) in [7, 11) is 1.75. The lowest BCUT2D eigenvalue weighted by molar-refractivity contribution is -0.114. The van der Waals surface area contributed by atoms with Gasteiger partial charge in [0.25, 0.3) is 0 Å². The van der Waals surface area contributed by atoms with Crippen molar-refractivity contribution in [1.82, 2.24) is 20.2 Å². The summed E-state index contributed by atoms with van der Waals surface area (Å²) in [5, 5.41) is 9.32. The van der Waals surface area contributed by atoms with Crippen LogP contribution in [0.5, 0.6) is 5.75 Å². The average molecular weight is 423 g/mol. The topological polar surface area (TPSA) is 92.6 Å². The predicted octanol–water partition coefficient (Wildman–Crippen LogP) is 2.94. The molecule has 0 aliphatic rings. The van der Waals surface area contributed by atoms with E-state index in [1.807, 2.05) is 43.3 Å². The molecule has 1 amide bonds. The molecule has 3 aromatic rings. The van der Waals surface area contributed by atoms with E-state index in [0.29, 0.717) is 18.9 Å². The third kappa shape index (κ3) is 6.47. The predicted molar refractivity (Wildman–Crippen MR) is 125 cm³/mol. The highest BCUT2D eigenvalue weighted by Gasteiger charge is 2.06. The molecule has 0 fully saturated rings. The Morgan fingerprint density at radius 3 is 2.74 bits per heavy atom. The summed E-state index contributed by atoms with van der Waals surface area (Å²) >= 11 is 0. The van der Waals surface area contributed by atoms with Crippen LogP contribution in [0, 0.1) is 6.92 Å². The molecule has 31 heavy (non-hydrogen) atoms. The number of aryl methyl sites for hydroxylation is 2. The number of imidazole rings is 1. The molecule has 0 saturated carbocycles. The number of hydrogen-bond acceptors (Lipinski definition) is 4. The molecule has 3 N–H and O–H groups in total. The van der Waals surface area contributed by atoms with E-state index in [9.17, 15) is 4.79 Å². The Kier molecular flexibility index (Phi) is 7.86. The number of fused-ring (bicyclic) bond motifs is 1. The van der Waals surface area contributed by atoms with E-state index in [1.165, 1.54) is 12.4 Å². The van der Waals surface area contributed by atoms with Crippen LogP contribution in [0.2, 0.25) is 0 Å². The Balaban J connectivity index is 1.37. The molecule has 1 heterocycles.